The highest BCUT2D eigenvalue weighted by Crippen LogP contribution is 2.39. The highest BCUT2D eigenvalue weighted by molar-refractivity contribution is 6.37. The van der Waals surface area contributed by atoms with Crippen LogP contribution in [0.25, 0.3) is 11.1 Å². The zero-order valence-electron chi connectivity index (χ0n) is 12.4. The third-order valence-corrected chi connectivity index (χ3v) is 3.83. The minimum Gasteiger partial charge on any atom is -0.434 e. The van der Waals surface area contributed by atoms with E-state index in [1.807, 2.05) is 6.07 Å². The number of nitro benzene ring substituents is 1. The van der Waals surface area contributed by atoms with Gasteiger partial charge in [0.25, 0.3) is 11.2 Å². The van der Waals surface area contributed by atoms with Crippen molar-refractivity contribution in [1.82, 2.24) is 10.2 Å². The van der Waals surface area contributed by atoms with Crippen LogP contribution in [0.5, 0.6) is 11.6 Å². The predicted molar refractivity (Wildman–Crippen MR) is 93.5 cm³/mol. The quantitative estimate of drug-likeness (QED) is 0.535. The van der Waals surface area contributed by atoms with Gasteiger partial charge in [0, 0.05) is 18.2 Å². The number of non-ortho nitro benzene ring substituents is 1. The maximum atomic E-state index is 12.0. The first-order valence-electron chi connectivity index (χ1n) is 6.92. The monoisotopic (exact) mass is 377 g/mol. The van der Waals surface area contributed by atoms with Gasteiger partial charge in [-0.25, -0.2) is 5.10 Å². The first-order valence-corrected chi connectivity index (χ1v) is 7.67. The molecule has 3 rings (SSSR count). The second kappa shape index (κ2) is 6.92. The molecule has 1 aromatic heterocycles. The lowest BCUT2D eigenvalue weighted by molar-refractivity contribution is -0.384. The van der Waals surface area contributed by atoms with Gasteiger partial charge in [-0.2, -0.15) is 0 Å². The summed E-state index contributed by atoms with van der Waals surface area (Å²) < 4.78 is 5.52. The zero-order chi connectivity index (χ0) is 18.0. The third-order valence-electron chi connectivity index (χ3n) is 3.27. The van der Waals surface area contributed by atoms with E-state index in [9.17, 15) is 14.9 Å². The molecule has 25 heavy (non-hydrogen) atoms. The average molecular weight is 378 g/mol. The molecule has 0 spiro atoms. The van der Waals surface area contributed by atoms with Gasteiger partial charge in [-0.05, 0) is 5.56 Å². The van der Waals surface area contributed by atoms with E-state index in [-0.39, 0.29) is 32.9 Å². The van der Waals surface area contributed by atoms with Crippen LogP contribution < -0.4 is 10.3 Å². The molecule has 0 atom stereocenters. The van der Waals surface area contributed by atoms with Crippen LogP contribution >= 0.6 is 23.2 Å². The number of H-pyrrole nitrogens is 1. The largest absolute Gasteiger partial charge is 0.434 e. The summed E-state index contributed by atoms with van der Waals surface area (Å²) in [7, 11) is 0. The number of aromatic nitrogens is 2. The van der Waals surface area contributed by atoms with Crippen molar-refractivity contribution < 1.29 is 9.66 Å². The molecule has 7 nitrogen and oxygen atoms in total. The van der Waals surface area contributed by atoms with Crippen LogP contribution in [0.2, 0.25) is 10.0 Å². The lowest BCUT2D eigenvalue weighted by Crippen LogP contribution is -2.11. The fraction of sp³-hybridized carbons (Fsp3) is 0. The molecule has 0 fully saturated rings. The summed E-state index contributed by atoms with van der Waals surface area (Å²) in [6.45, 7) is 0. The number of halogens is 2. The van der Waals surface area contributed by atoms with Crippen LogP contribution in [-0.4, -0.2) is 15.1 Å². The summed E-state index contributed by atoms with van der Waals surface area (Å²) in [6.07, 6.45) is 0. The van der Waals surface area contributed by atoms with Gasteiger partial charge >= 0.3 is 0 Å². The van der Waals surface area contributed by atoms with E-state index in [0.717, 1.165) is 12.1 Å². The number of hydrogen-bond donors (Lipinski definition) is 1. The first kappa shape index (κ1) is 16.9. The van der Waals surface area contributed by atoms with Crippen molar-refractivity contribution in [3.05, 3.63) is 79.0 Å². The van der Waals surface area contributed by atoms with Gasteiger partial charge in [0.2, 0.25) is 5.88 Å². The Kier molecular flexibility index (Phi) is 4.69. The Morgan fingerprint density at radius 1 is 1.08 bits per heavy atom. The average Bonchev–Trinajstić information content (AvgIpc) is 2.60. The Morgan fingerprint density at radius 2 is 1.72 bits per heavy atom. The number of aromatic amines is 1. The van der Waals surface area contributed by atoms with E-state index in [1.54, 1.807) is 24.3 Å². The van der Waals surface area contributed by atoms with Crippen molar-refractivity contribution >= 4 is 28.9 Å². The molecule has 1 heterocycles. The first-order chi connectivity index (χ1) is 12.0. The molecule has 0 aliphatic carbocycles. The van der Waals surface area contributed by atoms with E-state index in [1.165, 1.54) is 6.07 Å². The molecule has 0 unspecified atom stereocenters. The van der Waals surface area contributed by atoms with Crippen molar-refractivity contribution in [1.29, 1.82) is 0 Å². The number of rotatable bonds is 4. The van der Waals surface area contributed by atoms with E-state index in [2.05, 4.69) is 10.2 Å². The molecule has 126 valence electrons. The van der Waals surface area contributed by atoms with Crippen molar-refractivity contribution in [3.63, 3.8) is 0 Å². The van der Waals surface area contributed by atoms with E-state index >= 15 is 0 Å². The van der Waals surface area contributed by atoms with Crippen molar-refractivity contribution in [3.8, 4) is 22.8 Å². The minimum atomic E-state index is -0.618. The molecular formula is C16H9Cl2N3O4. The van der Waals surface area contributed by atoms with Crippen LogP contribution in [0, 0.1) is 10.1 Å². The standard InChI is InChI=1S/C16H9Cl2N3O4/c17-12-6-10(21(23)24)7-13(18)15(12)25-14-8-11(16(22)20-19-14)9-4-2-1-3-5-9/h1-8H,(H,20,22). The van der Waals surface area contributed by atoms with Gasteiger partial charge in [-0.3, -0.25) is 14.9 Å². The highest BCUT2D eigenvalue weighted by Gasteiger charge is 2.17. The number of ether oxygens (including phenoxy) is 1. The van der Waals surface area contributed by atoms with Crippen LogP contribution in [-0.2, 0) is 0 Å². The Hall–Kier alpha value is -2.90. The van der Waals surface area contributed by atoms with Gasteiger partial charge in [0.15, 0.2) is 5.75 Å². The molecule has 0 bridgehead atoms. The number of nitro groups is 1. The van der Waals surface area contributed by atoms with Gasteiger partial charge in [-0.15, -0.1) is 5.10 Å². The van der Waals surface area contributed by atoms with Crippen molar-refractivity contribution in [2.45, 2.75) is 0 Å². The van der Waals surface area contributed by atoms with Crippen LogP contribution in [0.4, 0.5) is 5.69 Å². The maximum Gasteiger partial charge on any atom is 0.272 e. The molecule has 0 aliphatic heterocycles. The normalized spacial score (nSPS) is 10.5. The number of nitrogens with zero attached hydrogens (tertiary/aromatic N) is 2. The second-order valence-electron chi connectivity index (χ2n) is 4.91. The Morgan fingerprint density at radius 3 is 2.32 bits per heavy atom. The smallest absolute Gasteiger partial charge is 0.272 e. The molecule has 2 aromatic carbocycles. The summed E-state index contributed by atoms with van der Waals surface area (Å²) in [5, 5.41) is 16.8. The Bertz CT molecular complexity index is 983. The highest BCUT2D eigenvalue weighted by atomic mass is 35.5. The topological polar surface area (TPSA) is 98.1 Å². The van der Waals surface area contributed by atoms with Crippen molar-refractivity contribution in [2.24, 2.45) is 0 Å². The Balaban J connectivity index is 2.00. The molecule has 0 aliphatic rings. The van der Waals surface area contributed by atoms with E-state index < -0.39 is 4.92 Å². The minimum absolute atomic E-state index is 0.00694. The molecular weight excluding hydrogens is 369 g/mol. The number of hydrogen-bond acceptors (Lipinski definition) is 5. The second-order valence-corrected chi connectivity index (χ2v) is 5.73. The van der Waals surface area contributed by atoms with E-state index in [0.29, 0.717) is 11.1 Å². The van der Waals surface area contributed by atoms with E-state index in [4.69, 9.17) is 27.9 Å². The molecule has 9 heteroatoms. The molecule has 1 N–H and O–H groups in total. The summed E-state index contributed by atoms with van der Waals surface area (Å²) in [5.41, 5.74) is 0.373. The van der Waals surface area contributed by atoms with Crippen LogP contribution in [0.3, 0.4) is 0 Å². The fourth-order valence-electron chi connectivity index (χ4n) is 2.13. The Labute approximate surface area is 150 Å². The molecule has 0 radical (unpaired) electrons. The van der Waals surface area contributed by atoms with Gasteiger partial charge in [-0.1, -0.05) is 53.5 Å². The summed E-state index contributed by atoms with van der Waals surface area (Å²) in [4.78, 5) is 22.2. The molecule has 0 saturated carbocycles. The van der Waals surface area contributed by atoms with Gasteiger partial charge < -0.3 is 4.74 Å². The zero-order valence-corrected chi connectivity index (χ0v) is 13.9. The van der Waals surface area contributed by atoms with Gasteiger partial charge in [0.05, 0.1) is 20.5 Å². The molecule has 0 saturated heterocycles. The number of nitrogens with one attached hydrogen (secondary N) is 1. The lowest BCUT2D eigenvalue weighted by Gasteiger charge is -2.09. The summed E-state index contributed by atoms with van der Waals surface area (Å²) in [5.74, 6) is 0.0450. The fourth-order valence-corrected chi connectivity index (χ4v) is 2.68. The lowest BCUT2D eigenvalue weighted by atomic mass is 10.1. The van der Waals surface area contributed by atoms with Crippen molar-refractivity contribution in [2.75, 3.05) is 0 Å². The molecule has 0 amide bonds. The summed E-state index contributed by atoms with van der Waals surface area (Å²) in [6, 6.07) is 12.6. The number of benzene rings is 2. The van der Waals surface area contributed by atoms with Gasteiger partial charge in [0.1, 0.15) is 0 Å². The molecule has 3 aromatic rings. The maximum absolute atomic E-state index is 12.0. The predicted octanol–water partition coefficient (Wildman–Crippen LogP) is 4.44. The van der Waals surface area contributed by atoms with Crippen LogP contribution in [0.15, 0.2) is 53.3 Å². The van der Waals surface area contributed by atoms with Crippen LogP contribution in [0.1, 0.15) is 0 Å². The summed E-state index contributed by atoms with van der Waals surface area (Å²) >= 11 is 12.0. The third kappa shape index (κ3) is 3.62. The SMILES string of the molecule is O=c1[nH]nc(Oc2c(Cl)cc([N+](=O)[O-])cc2Cl)cc1-c1ccccc1.